The third-order valence-corrected chi connectivity index (χ3v) is 7.86. The summed E-state index contributed by atoms with van der Waals surface area (Å²) >= 11 is 1.02. The van der Waals surface area contributed by atoms with Crippen LogP contribution in [-0.4, -0.2) is 74.2 Å². The second kappa shape index (κ2) is 11.2. The molecular weight excluding hydrogens is 574 g/mol. The van der Waals surface area contributed by atoms with E-state index in [2.05, 4.69) is 30.5 Å². The van der Waals surface area contributed by atoms with Crippen molar-refractivity contribution in [2.24, 2.45) is 16.8 Å². The fourth-order valence-corrected chi connectivity index (χ4v) is 5.66. The predicted molar refractivity (Wildman–Crippen MR) is 152 cm³/mol. The van der Waals surface area contributed by atoms with Gasteiger partial charge >= 0.3 is 4.87 Å². The number of nitrogens with one attached hydrogen (secondary N) is 1. The van der Waals surface area contributed by atoms with Gasteiger partial charge in [-0.25, -0.2) is 19.6 Å². The number of nitrogens with two attached hydrogens (primary N) is 3. The Kier molecular flexibility index (Phi) is 7.31. The number of nitrogen functional groups attached to an aromatic ring is 1. The van der Waals surface area contributed by atoms with Crippen molar-refractivity contribution in [1.82, 2.24) is 34.5 Å². The van der Waals surface area contributed by atoms with Gasteiger partial charge in [0.05, 0.1) is 12.0 Å². The molecule has 0 atom stereocenters. The number of hydrazine groups is 1. The van der Waals surface area contributed by atoms with Gasteiger partial charge in [-0.15, -0.1) is 5.10 Å². The first kappa shape index (κ1) is 27.4. The minimum Gasteiger partial charge on any atom is -0.482 e. The number of hydrogen-bond acceptors (Lipinski definition) is 13. The lowest BCUT2D eigenvalue weighted by atomic mass is 10.2. The molecule has 1 fully saturated rings. The molecule has 220 valence electrons. The first-order valence-electron chi connectivity index (χ1n) is 12.8. The van der Waals surface area contributed by atoms with E-state index in [0.29, 0.717) is 66.8 Å². The number of benzene rings is 1. The average Bonchev–Trinajstić information content (AvgIpc) is 3.73. The third kappa shape index (κ3) is 5.06. The van der Waals surface area contributed by atoms with E-state index in [0.717, 1.165) is 17.4 Å². The zero-order valence-electron chi connectivity index (χ0n) is 22.0. The Morgan fingerprint density at radius 1 is 1.14 bits per heavy atom. The highest BCUT2D eigenvalue weighted by molar-refractivity contribution is 7.17. The lowest BCUT2D eigenvalue weighted by Crippen LogP contribution is -2.47. The number of nitrogens with zero attached hydrogens (tertiary/aromatic N) is 8. The Labute approximate surface area is 239 Å². The van der Waals surface area contributed by atoms with Crippen molar-refractivity contribution in [3.8, 4) is 17.3 Å². The van der Waals surface area contributed by atoms with Crippen LogP contribution in [-0.2, 0) is 6.54 Å². The van der Waals surface area contributed by atoms with Crippen LogP contribution in [0.2, 0.25) is 0 Å². The van der Waals surface area contributed by atoms with Crippen molar-refractivity contribution in [2.75, 3.05) is 50.0 Å². The normalized spacial score (nSPS) is 14.7. The van der Waals surface area contributed by atoms with Crippen LogP contribution >= 0.6 is 11.3 Å². The molecule has 6 rings (SSSR count). The lowest BCUT2D eigenvalue weighted by Gasteiger charge is -2.36. The van der Waals surface area contributed by atoms with E-state index in [9.17, 15) is 13.6 Å². The summed E-state index contributed by atoms with van der Waals surface area (Å²) in [5.74, 6) is 9.72. The van der Waals surface area contributed by atoms with E-state index in [4.69, 9.17) is 26.6 Å². The zero-order chi connectivity index (χ0) is 29.4. The molecule has 0 radical (unpaired) electrons. The highest BCUT2D eigenvalue weighted by Gasteiger charge is 2.24. The average molecular weight is 601 g/mol. The summed E-state index contributed by atoms with van der Waals surface area (Å²) in [6.07, 6.45) is 1.52. The van der Waals surface area contributed by atoms with E-state index in [-0.39, 0.29) is 34.7 Å². The number of hydrazone groups is 1. The van der Waals surface area contributed by atoms with Crippen LogP contribution in [0.25, 0.3) is 27.6 Å². The van der Waals surface area contributed by atoms with Gasteiger partial charge in [0.2, 0.25) is 11.8 Å². The van der Waals surface area contributed by atoms with Gasteiger partial charge in [0, 0.05) is 51.4 Å². The molecule has 0 aliphatic carbocycles. The Hall–Kier alpha value is -4.81. The van der Waals surface area contributed by atoms with Crippen molar-refractivity contribution >= 4 is 44.8 Å². The van der Waals surface area contributed by atoms with Crippen LogP contribution in [0.3, 0.4) is 0 Å². The molecule has 0 spiro atoms. The van der Waals surface area contributed by atoms with E-state index in [1.807, 2.05) is 4.90 Å². The zero-order valence-corrected chi connectivity index (χ0v) is 22.9. The summed E-state index contributed by atoms with van der Waals surface area (Å²) in [5.41, 5.74) is 9.47. The first-order chi connectivity index (χ1) is 20.4. The van der Waals surface area contributed by atoms with Gasteiger partial charge in [-0.1, -0.05) is 11.3 Å². The first-order valence-corrected chi connectivity index (χ1v) is 13.6. The number of rotatable bonds is 8. The summed E-state index contributed by atoms with van der Waals surface area (Å²) in [4.78, 5) is 25.7. The third-order valence-electron chi connectivity index (χ3n) is 6.90. The lowest BCUT2D eigenvalue weighted by molar-refractivity contribution is 0.248. The van der Waals surface area contributed by atoms with Crippen LogP contribution in [0.5, 0.6) is 5.75 Å². The number of ether oxygens (including phenoxy) is 1. The second-order valence-corrected chi connectivity index (χ2v) is 10.3. The fourth-order valence-electron chi connectivity index (χ4n) is 4.72. The maximum Gasteiger partial charge on any atom is 0.309 e. The summed E-state index contributed by atoms with van der Waals surface area (Å²) < 4.78 is 43.3. The Bertz CT molecular complexity index is 1830. The Morgan fingerprint density at radius 2 is 1.95 bits per heavy atom. The van der Waals surface area contributed by atoms with Crippen LogP contribution in [0, 0.1) is 11.6 Å². The van der Waals surface area contributed by atoms with Gasteiger partial charge in [-0.2, -0.15) is 14.6 Å². The molecule has 18 heteroatoms. The largest absolute Gasteiger partial charge is 0.482 e. The standard InChI is InChI=1S/C24H26F2N12O3S/c25-13-10-14(26)17(41-12-18(32-28)33-29)11-15(13)36-6-3-35(4-7-36)5-8-37-21-19(42-24(37)39)22-30-20(16-2-1-9-40-16)34-38(22)23(27)31-21/h1-2,9-11H,3-8,12,28-29H2,(H2,27,31)(H,32,33). The number of piperazine rings is 1. The maximum absolute atomic E-state index is 14.7. The molecule has 1 aromatic carbocycles. The molecule has 1 saturated heterocycles. The molecular formula is C24H26F2N12O3S. The minimum atomic E-state index is -0.855. The number of fused-ring (bicyclic) bond motifs is 3. The van der Waals surface area contributed by atoms with Crippen LogP contribution in [0.1, 0.15) is 0 Å². The van der Waals surface area contributed by atoms with E-state index >= 15 is 0 Å². The fraction of sp³-hybridized carbons (Fsp3) is 0.292. The SMILES string of the molecule is N/N=C(/COc1cc(N2CCN(CCn3c(=O)sc4c3nc(N)n3nc(-c5ccco5)nc43)CC2)c(F)cc1F)NN. The number of hydrogen-bond donors (Lipinski definition) is 4. The van der Waals surface area contributed by atoms with Gasteiger partial charge in [0.15, 0.2) is 34.5 Å². The summed E-state index contributed by atoms with van der Waals surface area (Å²) in [6.45, 7) is 2.81. The van der Waals surface area contributed by atoms with Crippen molar-refractivity contribution in [2.45, 2.75) is 6.54 Å². The van der Waals surface area contributed by atoms with Crippen LogP contribution in [0.15, 0.2) is 44.8 Å². The molecule has 5 aromatic rings. The van der Waals surface area contributed by atoms with Crippen LogP contribution in [0.4, 0.5) is 20.4 Å². The van der Waals surface area contributed by atoms with Gasteiger partial charge in [0.1, 0.15) is 17.1 Å². The second-order valence-electron chi connectivity index (χ2n) is 9.36. The van der Waals surface area contributed by atoms with Gasteiger partial charge in [0.25, 0.3) is 0 Å². The van der Waals surface area contributed by atoms with Gasteiger partial charge in [-0.3, -0.25) is 14.3 Å². The number of furan rings is 1. The molecule has 1 aliphatic heterocycles. The maximum atomic E-state index is 14.7. The quantitative estimate of drug-likeness (QED) is 0.0837. The van der Waals surface area contributed by atoms with Crippen LogP contribution < -0.4 is 37.4 Å². The molecule has 4 aromatic heterocycles. The number of amidine groups is 1. The molecule has 15 nitrogen and oxygen atoms in total. The molecule has 0 unspecified atom stereocenters. The Balaban J connectivity index is 1.14. The monoisotopic (exact) mass is 600 g/mol. The smallest absolute Gasteiger partial charge is 0.309 e. The van der Waals surface area contributed by atoms with Crippen molar-refractivity contribution < 1.29 is 17.9 Å². The highest BCUT2D eigenvalue weighted by Crippen LogP contribution is 2.29. The van der Waals surface area contributed by atoms with E-state index in [1.54, 1.807) is 16.7 Å². The number of aromatic nitrogens is 5. The van der Waals surface area contributed by atoms with Crippen molar-refractivity contribution in [1.29, 1.82) is 0 Å². The molecule has 0 amide bonds. The molecule has 1 aliphatic rings. The summed E-state index contributed by atoms with van der Waals surface area (Å²) in [5, 5.41) is 7.75. The van der Waals surface area contributed by atoms with E-state index < -0.39 is 11.6 Å². The number of thiazole rings is 1. The van der Waals surface area contributed by atoms with Crippen molar-refractivity contribution in [3.05, 3.63) is 51.8 Å². The molecule has 42 heavy (non-hydrogen) atoms. The number of anilines is 2. The van der Waals surface area contributed by atoms with Gasteiger partial charge < -0.3 is 31.1 Å². The number of halogens is 2. The minimum absolute atomic E-state index is 0.0915. The molecule has 0 bridgehead atoms. The predicted octanol–water partition coefficient (Wildman–Crippen LogP) is 0.558. The molecule has 5 heterocycles. The Morgan fingerprint density at radius 3 is 2.67 bits per heavy atom. The summed E-state index contributed by atoms with van der Waals surface area (Å²) in [7, 11) is 0. The highest BCUT2D eigenvalue weighted by atomic mass is 32.1. The van der Waals surface area contributed by atoms with Gasteiger partial charge in [-0.05, 0) is 12.1 Å². The molecule has 7 N–H and O–H groups in total. The topological polar surface area (TPSA) is 196 Å². The summed E-state index contributed by atoms with van der Waals surface area (Å²) in [6, 6.07) is 5.54. The van der Waals surface area contributed by atoms with E-state index in [1.165, 1.54) is 16.8 Å². The molecule has 0 saturated carbocycles. The van der Waals surface area contributed by atoms with Crippen molar-refractivity contribution in [3.63, 3.8) is 0 Å².